The van der Waals surface area contributed by atoms with Crippen LogP contribution in [-0.4, -0.2) is 49.1 Å². The number of hydrogen-bond donors (Lipinski definition) is 1. The van der Waals surface area contributed by atoms with Gasteiger partial charge in [-0.15, -0.1) is 0 Å². The molecule has 35 heavy (non-hydrogen) atoms. The van der Waals surface area contributed by atoms with E-state index in [1.165, 1.54) is 22.4 Å². The summed E-state index contributed by atoms with van der Waals surface area (Å²) in [6.45, 7) is 3.88. The Morgan fingerprint density at radius 1 is 1.11 bits per heavy atom. The van der Waals surface area contributed by atoms with E-state index in [2.05, 4.69) is 20.4 Å². The summed E-state index contributed by atoms with van der Waals surface area (Å²) >= 11 is 0. The number of carbonyl (C=O) groups excluding carboxylic acids is 1. The van der Waals surface area contributed by atoms with Gasteiger partial charge in [0.05, 0.1) is 34.0 Å². The van der Waals surface area contributed by atoms with Crippen LogP contribution in [0.1, 0.15) is 16.1 Å². The first-order chi connectivity index (χ1) is 16.7. The molecule has 1 amide bonds. The van der Waals surface area contributed by atoms with E-state index in [0.717, 1.165) is 28.4 Å². The van der Waals surface area contributed by atoms with Crippen LogP contribution in [0, 0.1) is 12.7 Å². The highest BCUT2D eigenvalue weighted by molar-refractivity contribution is 6.54. The second-order valence-electron chi connectivity index (χ2n) is 8.32. The number of carbonyl (C=O) groups is 1. The summed E-state index contributed by atoms with van der Waals surface area (Å²) in [5.74, 6) is -1.44. The molecule has 4 aromatic heterocycles. The molecule has 0 spiro atoms. The Balaban J connectivity index is 1.87. The van der Waals surface area contributed by atoms with Gasteiger partial charge < -0.3 is 5.32 Å². The molecule has 1 aromatic carbocycles. The highest BCUT2D eigenvalue weighted by Gasteiger charge is 2.22. The number of imidazole rings is 1. The van der Waals surface area contributed by atoms with Crippen molar-refractivity contribution in [2.45, 2.75) is 13.7 Å². The minimum Gasteiger partial charge on any atom is -0.355 e. The SMILES string of the molecule is C[B]c1cc2ncc3c(c2cc1-c1cn(C)nc1C)n(-c1ncc(C(=O)NC)cc1F)c(=O)n3C. The summed E-state index contributed by atoms with van der Waals surface area (Å²) in [4.78, 5) is 33.9. The molecule has 0 aliphatic heterocycles. The molecule has 11 heteroatoms. The van der Waals surface area contributed by atoms with Crippen molar-refractivity contribution in [3.63, 3.8) is 0 Å². The predicted molar refractivity (Wildman–Crippen MR) is 133 cm³/mol. The van der Waals surface area contributed by atoms with Gasteiger partial charge in [0.1, 0.15) is 7.28 Å². The van der Waals surface area contributed by atoms with E-state index < -0.39 is 17.4 Å². The summed E-state index contributed by atoms with van der Waals surface area (Å²) in [7, 11) is 6.90. The largest absolute Gasteiger partial charge is 0.355 e. The molecule has 5 aromatic rings. The first kappa shape index (κ1) is 22.5. The van der Waals surface area contributed by atoms with E-state index in [4.69, 9.17) is 0 Å². The fraction of sp³-hybridized carbons (Fsp3) is 0.208. The molecule has 0 aliphatic carbocycles. The van der Waals surface area contributed by atoms with Gasteiger partial charge in [-0.1, -0.05) is 12.3 Å². The van der Waals surface area contributed by atoms with Crippen LogP contribution in [0.2, 0.25) is 6.82 Å². The molecular formula is C24H22BFN7O2. The molecule has 0 bridgehead atoms. The minimum absolute atomic E-state index is 0.0611. The molecule has 9 nitrogen and oxygen atoms in total. The fourth-order valence-corrected chi connectivity index (χ4v) is 4.46. The fourth-order valence-electron chi connectivity index (χ4n) is 4.46. The highest BCUT2D eigenvalue weighted by Crippen LogP contribution is 2.30. The smallest absolute Gasteiger partial charge is 0.334 e. The highest BCUT2D eigenvalue weighted by atomic mass is 19.1. The Labute approximate surface area is 200 Å². The second kappa shape index (κ2) is 8.19. The molecule has 0 unspecified atom stereocenters. The third kappa shape index (κ3) is 3.42. The van der Waals surface area contributed by atoms with Crippen LogP contribution in [0.4, 0.5) is 4.39 Å². The van der Waals surface area contributed by atoms with Crippen molar-refractivity contribution >= 4 is 40.6 Å². The van der Waals surface area contributed by atoms with E-state index in [9.17, 15) is 9.59 Å². The number of nitrogens with one attached hydrogen (secondary N) is 1. The maximum Gasteiger partial charge on any atom is 0.334 e. The molecule has 4 heterocycles. The number of aryl methyl sites for hydroxylation is 3. The van der Waals surface area contributed by atoms with Crippen molar-refractivity contribution in [2.75, 3.05) is 7.05 Å². The summed E-state index contributed by atoms with van der Waals surface area (Å²) < 4.78 is 19.6. The lowest BCUT2D eigenvalue weighted by Gasteiger charge is -2.12. The molecule has 0 saturated heterocycles. The normalized spacial score (nSPS) is 11.4. The molecular weight excluding hydrogens is 448 g/mol. The van der Waals surface area contributed by atoms with Gasteiger partial charge >= 0.3 is 5.69 Å². The number of pyridine rings is 2. The van der Waals surface area contributed by atoms with Gasteiger partial charge in [0.25, 0.3) is 5.91 Å². The zero-order valence-electron chi connectivity index (χ0n) is 19.9. The van der Waals surface area contributed by atoms with E-state index in [0.29, 0.717) is 21.9 Å². The third-order valence-electron chi connectivity index (χ3n) is 6.19. The average molecular weight is 470 g/mol. The summed E-state index contributed by atoms with van der Waals surface area (Å²) in [5, 5.41) is 7.57. The lowest BCUT2D eigenvalue weighted by atomic mass is 9.69. The number of aromatic nitrogens is 6. The molecule has 0 saturated carbocycles. The number of halogens is 1. The van der Waals surface area contributed by atoms with Crippen LogP contribution < -0.4 is 16.5 Å². The summed E-state index contributed by atoms with van der Waals surface area (Å²) in [6, 6.07) is 4.97. The standard InChI is InChI=1S/C24H22BFN7O2/c1-12-16(11-31(4)30-12)14-7-15-19(8-17(14)25-2)28-10-20-21(15)33(24(35)32(20)5)22-18(26)6-13(9-29-22)23(34)27-3/h6-11H,1-5H3,(H,27,34). The number of nitrogens with zero attached hydrogens (tertiary/aromatic N) is 6. The lowest BCUT2D eigenvalue weighted by molar-refractivity contribution is 0.0962. The van der Waals surface area contributed by atoms with Gasteiger partial charge in [0.15, 0.2) is 11.6 Å². The van der Waals surface area contributed by atoms with E-state index in [1.54, 1.807) is 17.9 Å². The van der Waals surface area contributed by atoms with Crippen LogP contribution in [0.3, 0.4) is 0 Å². The Morgan fingerprint density at radius 2 is 1.89 bits per heavy atom. The number of benzene rings is 1. The maximum absolute atomic E-state index is 15.2. The molecule has 1 radical (unpaired) electrons. The van der Waals surface area contributed by atoms with Crippen LogP contribution in [0.5, 0.6) is 0 Å². The van der Waals surface area contributed by atoms with Gasteiger partial charge in [-0.2, -0.15) is 5.10 Å². The van der Waals surface area contributed by atoms with Crippen molar-refractivity contribution in [1.29, 1.82) is 0 Å². The Bertz CT molecular complexity index is 1720. The van der Waals surface area contributed by atoms with Gasteiger partial charge in [0, 0.05) is 44.5 Å². The van der Waals surface area contributed by atoms with Crippen LogP contribution in [-0.2, 0) is 14.1 Å². The molecule has 0 fully saturated rings. The van der Waals surface area contributed by atoms with Crippen molar-refractivity contribution in [2.24, 2.45) is 14.1 Å². The molecule has 175 valence electrons. The van der Waals surface area contributed by atoms with Crippen molar-refractivity contribution in [3.8, 4) is 16.9 Å². The number of fused-ring (bicyclic) bond motifs is 3. The number of rotatable bonds is 4. The van der Waals surface area contributed by atoms with Crippen LogP contribution in [0.25, 0.3) is 38.9 Å². The zero-order chi connectivity index (χ0) is 25.0. The Hall–Kier alpha value is -4.28. The van der Waals surface area contributed by atoms with Gasteiger partial charge in [0.2, 0.25) is 0 Å². The van der Waals surface area contributed by atoms with Crippen LogP contribution >= 0.6 is 0 Å². The molecule has 5 rings (SSSR count). The van der Waals surface area contributed by atoms with Crippen LogP contribution in [0.15, 0.2) is 41.6 Å². The zero-order valence-corrected chi connectivity index (χ0v) is 19.9. The van der Waals surface area contributed by atoms with Gasteiger partial charge in [-0.3, -0.25) is 19.0 Å². The number of amides is 1. The van der Waals surface area contributed by atoms with E-state index in [-0.39, 0.29) is 11.4 Å². The third-order valence-corrected chi connectivity index (χ3v) is 6.19. The first-order valence-corrected chi connectivity index (χ1v) is 11.0. The Kier molecular flexibility index (Phi) is 5.27. The number of hydrogen-bond acceptors (Lipinski definition) is 5. The first-order valence-electron chi connectivity index (χ1n) is 11.0. The average Bonchev–Trinajstić information content (AvgIpc) is 3.32. The van der Waals surface area contributed by atoms with E-state index in [1.807, 2.05) is 46.4 Å². The van der Waals surface area contributed by atoms with Gasteiger partial charge in [-0.25, -0.2) is 18.7 Å². The van der Waals surface area contributed by atoms with Crippen molar-refractivity contribution in [3.05, 3.63) is 64.3 Å². The van der Waals surface area contributed by atoms with Crippen molar-refractivity contribution < 1.29 is 9.18 Å². The summed E-state index contributed by atoms with van der Waals surface area (Å²) in [5.41, 5.74) is 4.94. The summed E-state index contributed by atoms with van der Waals surface area (Å²) in [6.07, 6.45) is 4.79. The molecule has 0 aliphatic rings. The van der Waals surface area contributed by atoms with Gasteiger partial charge in [-0.05, 0) is 30.7 Å². The Morgan fingerprint density at radius 3 is 2.51 bits per heavy atom. The van der Waals surface area contributed by atoms with E-state index >= 15 is 4.39 Å². The predicted octanol–water partition coefficient (Wildman–Crippen LogP) is 1.86. The topological polar surface area (TPSA) is 99.6 Å². The lowest BCUT2D eigenvalue weighted by Crippen LogP contribution is -2.23. The minimum atomic E-state index is -0.785. The quantitative estimate of drug-likeness (QED) is 0.405. The molecule has 0 atom stereocenters. The van der Waals surface area contributed by atoms with Crippen molar-refractivity contribution in [1.82, 2.24) is 34.2 Å². The maximum atomic E-state index is 15.2. The monoisotopic (exact) mass is 470 g/mol. The second-order valence-corrected chi connectivity index (χ2v) is 8.32. The molecule has 1 N–H and O–H groups in total.